The summed E-state index contributed by atoms with van der Waals surface area (Å²) in [6.07, 6.45) is -7.46. The zero-order valence-corrected chi connectivity index (χ0v) is 16.5. The Morgan fingerprint density at radius 1 is 1.24 bits per heavy atom. The molecule has 3 rings (SSSR count). The molecule has 1 amide bonds. The minimum absolute atomic E-state index is 0.0316. The van der Waals surface area contributed by atoms with Gasteiger partial charge in [-0.15, -0.1) is 0 Å². The minimum Gasteiger partial charge on any atom is -0.479 e. The lowest BCUT2D eigenvalue weighted by molar-refractivity contribution is -0.303. The summed E-state index contributed by atoms with van der Waals surface area (Å²) in [5.74, 6) is -1.12. The van der Waals surface area contributed by atoms with Crippen molar-refractivity contribution in [2.75, 3.05) is 0 Å². The molecule has 2 aromatic rings. The number of hydrazone groups is 1. The van der Waals surface area contributed by atoms with Crippen molar-refractivity contribution in [3.8, 4) is 5.75 Å². The number of alkyl halides is 3. The third-order valence-corrected chi connectivity index (χ3v) is 4.83. The number of carbonyl (C=O) groups is 1. The van der Waals surface area contributed by atoms with Crippen LogP contribution in [0.15, 0.2) is 53.6 Å². The van der Waals surface area contributed by atoms with Gasteiger partial charge < -0.3 is 9.84 Å². The first-order valence-electron chi connectivity index (χ1n) is 8.41. The summed E-state index contributed by atoms with van der Waals surface area (Å²) in [6, 6.07) is 12.2. The van der Waals surface area contributed by atoms with Gasteiger partial charge in [0.25, 0.3) is 11.6 Å². The standard InChI is InChI=1S/C19H15Cl2F3N2O3/c1-11(29-16-8-7-13(20)9-14(16)21)17(27)26-18(28,19(22,23)24)10-15(25-26)12-5-3-2-4-6-12/h2-9,11,28H,10H2,1H3/t11-,18+/m1/s1. The number of rotatable bonds is 4. The van der Waals surface area contributed by atoms with Crippen LogP contribution in [0.1, 0.15) is 18.9 Å². The highest BCUT2D eigenvalue weighted by atomic mass is 35.5. The maximum absolute atomic E-state index is 13.6. The monoisotopic (exact) mass is 446 g/mol. The lowest BCUT2D eigenvalue weighted by Gasteiger charge is -2.33. The smallest absolute Gasteiger partial charge is 0.438 e. The van der Waals surface area contributed by atoms with Crippen LogP contribution in [0, 0.1) is 0 Å². The molecule has 0 bridgehead atoms. The average molecular weight is 447 g/mol. The van der Waals surface area contributed by atoms with Crippen molar-refractivity contribution in [3.05, 3.63) is 64.1 Å². The predicted octanol–water partition coefficient (Wildman–Crippen LogP) is 4.65. The minimum atomic E-state index is -5.14. The van der Waals surface area contributed by atoms with Gasteiger partial charge in [-0.25, -0.2) is 0 Å². The van der Waals surface area contributed by atoms with Crippen molar-refractivity contribution in [2.45, 2.75) is 31.3 Å². The van der Waals surface area contributed by atoms with Crippen LogP contribution in [0.2, 0.25) is 10.0 Å². The first-order valence-corrected chi connectivity index (χ1v) is 9.16. The summed E-state index contributed by atoms with van der Waals surface area (Å²) in [7, 11) is 0. The van der Waals surface area contributed by atoms with E-state index in [4.69, 9.17) is 27.9 Å². The van der Waals surface area contributed by atoms with Crippen LogP contribution in [-0.2, 0) is 4.79 Å². The number of amides is 1. The molecule has 0 unspecified atom stereocenters. The zero-order chi connectivity index (χ0) is 21.4. The van der Waals surface area contributed by atoms with E-state index in [0.717, 1.165) is 0 Å². The molecule has 0 saturated carbocycles. The van der Waals surface area contributed by atoms with Gasteiger partial charge in [-0.1, -0.05) is 53.5 Å². The highest BCUT2D eigenvalue weighted by Crippen LogP contribution is 2.42. The van der Waals surface area contributed by atoms with E-state index >= 15 is 0 Å². The summed E-state index contributed by atoms with van der Waals surface area (Å²) in [5.41, 5.74) is -3.20. The first-order chi connectivity index (χ1) is 13.5. The van der Waals surface area contributed by atoms with Crippen molar-refractivity contribution in [1.29, 1.82) is 0 Å². The van der Waals surface area contributed by atoms with Crippen molar-refractivity contribution in [1.82, 2.24) is 5.01 Å². The Balaban J connectivity index is 1.91. The third-order valence-electron chi connectivity index (χ3n) is 4.30. The second-order valence-corrected chi connectivity index (χ2v) is 7.23. The average Bonchev–Trinajstić information content (AvgIpc) is 3.03. The number of nitrogens with zero attached hydrogens (tertiary/aromatic N) is 2. The van der Waals surface area contributed by atoms with Crippen LogP contribution in [-0.4, -0.2) is 39.7 Å². The van der Waals surface area contributed by atoms with Gasteiger partial charge in [0.05, 0.1) is 17.2 Å². The molecule has 0 fully saturated rings. The molecular formula is C19H15Cl2F3N2O3. The first kappa shape index (κ1) is 21.4. The van der Waals surface area contributed by atoms with Gasteiger partial charge in [-0.3, -0.25) is 4.79 Å². The highest BCUT2D eigenvalue weighted by molar-refractivity contribution is 6.35. The Labute approximate surface area is 174 Å². The Hall–Kier alpha value is -2.29. The Morgan fingerprint density at radius 3 is 2.48 bits per heavy atom. The second kappa shape index (κ2) is 7.85. The fraction of sp³-hybridized carbons (Fsp3) is 0.263. The Bertz CT molecular complexity index is 953. The van der Waals surface area contributed by atoms with E-state index in [1.165, 1.54) is 37.3 Å². The molecule has 1 N–H and O–H groups in total. The largest absolute Gasteiger partial charge is 0.479 e. The fourth-order valence-electron chi connectivity index (χ4n) is 2.77. The van der Waals surface area contributed by atoms with Gasteiger partial charge in [0.1, 0.15) is 5.75 Å². The highest BCUT2D eigenvalue weighted by Gasteiger charge is 2.63. The van der Waals surface area contributed by atoms with Crippen LogP contribution in [0.5, 0.6) is 5.75 Å². The van der Waals surface area contributed by atoms with E-state index in [-0.39, 0.29) is 21.5 Å². The summed E-state index contributed by atoms with van der Waals surface area (Å²) in [5, 5.41) is 14.6. The van der Waals surface area contributed by atoms with Gasteiger partial charge in [0, 0.05) is 5.02 Å². The molecule has 1 heterocycles. The lowest BCUT2D eigenvalue weighted by Crippen LogP contribution is -2.58. The normalized spacial score (nSPS) is 20.4. The van der Waals surface area contributed by atoms with E-state index < -0.39 is 30.3 Å². The van der Waals surface area contributed by atoms with E-state index in [1.54, 1.807) is 18.2 Å². The molecule has 0 saturated heterocycles. The maximum atomic E-state index is 13.6. The van der Waals surface area contributed by atoms with E-state index in [1.807, 2.05) is 0 Å². The lowest BCUT2D eigenvalue weighted by atomic mass is 10.0. The SMILES string of the molecule is C[C@@H](Oc1ccc(Cl)cc1Cl)C(=O)N1N=C(c2ccccc2)C[C@]1(O)C(F)(F)F. The Kier molecular flexibility index (Phi) is 5.80. The topological polar surface area (TPSA) is 62.1 Å². The van der Waals surface area contributed by atoms with Crippen LogP contribution in [0.25, 0.3) is 0 Å². The molecule has 10 heteroatoms. The summed E-state index contributed by atoms with van der Waals surface area (Å²) in [6.45, 7) is 1.24. The van der Waals surface area contributed by atoms with Crippen molar-refractivity contribution < 1.29 is 27.8 Å². The number of hydrogen-bond donors (Lipinski definition) is 1. The van der Waals surface area contributed by atoms with Gasteiger partial charge in [0.2, 0.25) is 0 Å². The number of aliphatic hydroxyl groups is 1. The molecule has 0 aromatic heterocycles. The van der Waals surface area contributed by atoms with Crippen molar-refractivity contribution in [2.24, 2.45) is 5.10 Å². The van der Waals surface area contributed by atoms with Gasteiger partial charge >= 0.3 is 6.18 Å². The summed E-state index contributed by atoms with van der Waals surface area (Å²) >= 11 is 11.8. The summed E-state index contributed by atoms with van der Waals surface area (Å²) < 4.78 is 46.3. The molecule has 0 aliphatic carbocycles. The second-order valence-electron chi connectivity index (χ2n) is 6.39. The maximum Gasteiger partial charge on any atom is 0.438 e. The van der Waals surface area contributed by atoms with Crippen LogP contribution >= 0.6 is 23.2 Å². The quantitative estimate of drug-likeness (QED) is 0.743. The van der Waals surface area contributed by atoms with Gasteiger partial charge in [-0.2, -0.15) is 23.3 Å². The van der Waals surface area contributed by atoms with E-state index in [0.29, 0.717) is 10.6 Å². The Morgan fingerprint density at radius 2 is 1.90 bits per heavy atom. The van der Waals surface area contributed by atoms with E-state index in [2.05, 4.69) is 5.10 Å². The molecule has 5 nitrogen and oxygen atoms in total. The third kappa shape index (κ3) is 4.19. The number of halogens is 5. The number of benzene rings is 2. The molecular weight excluding hydrogens is 432 g/mol. The van der Waals surface area contributed by atoms with Crippen molar-refractivity contribution in [3.63, 3.8) is 0 Å². The molecule has 0 spiro atoms. The van der Waals surface area contributed by atoms with Crippen molar-refractivity contribution >= 4 is 34.8 Å². The van der Waals surface area contributed by atoms with Crippen LogP contribution in [0.3, 0.4) is 0 Å². The number of carbonyl (C=O) groups excluding carboxylic acids is 1. The summed E-state index contributed by atoms with van der Waals surface area (Å²) in [4.78, 5) is 12.7. The van der Waals surface area contributed by atoms with Gasteiger partial charge in [-0.05, 0) is 30.7 Å². The van der Waals surface area contributed by atoms with Crippen LogP contribution in [0.4, 0.5) is 13.2 Å². The molecule has 2 atom stereocenters. The zero-order valence-electron chi connectivity index (χ0n) is 15.0. The number of ether oxygens (including phenoxy) is 1. The molecule has 1 aliphatic heterocycles. The predicted molar refractivity (Wildman–Crippen MR) is 102 cm³/mol. The molecule has 29 heavy (non-hydrogen) atoms. The number of hydrogen-bond acceptors (Lipinski definition) is 4. The molecule has 154 valence electrons. The van der Waals surface area contributed by atoms with Crippen LogP contribution < -0.4 is 4.74 Å². The van der Waals surface area contributed by atoms with Gasteiger partial charge in [0.15, 0.2) is 6.10 Å². The molecule has 0 radical (unpaired) electrons. The molecule has 2 aromatic carbocycles. The molecule has 1 aliphatic rings. The fourth-order valence-corrected chi connectivity index (χ4v) is 3.23. The van der Waals surface area contributed by atoms with E-state index in [9.17, 15) is 23.1 Å².